The first-order valence-electron chi connectivity index (χ1n) is 5.34. The topological polar surface area (TPSA) is 9.23 Å². The molecule has 0 saturated carbocycles. The fraction of sp³-hybridized carbons (Fsp3) is 1.00. The largest absolute Gasteiger partial charge is 0.427 e. The molecule has 12 heavy (non-hydrogen) atoms. The van der Waals surface area contributed by atoms with E-state index in [1.54, 1.807) is 0 Å². The maximum atomic E-state index is 5.34. The highest BCUT2D eigenvalue weighted by atomic mass is 28.2. The predicted octanol–water partition coefficient (Wildman–Crippen LogP) is 2.89. The van der Waals surface area contributed by atoms with Crippen molar-refractivity contribution in [3.63, 3.8) is 0 Å². The van der Waals surface area contributed by atoms with E-state index < -0.39 is 0 Å². The van der Waals surface area contributed by atoms with Gasteiger partial charge in [0.05, 0.1) is 0 Å². The summed E-state index contributed by atoms with van der Waals surface area (Å²) in [5.41, 5.74) is 0.954. The summed E-state index contributed by atoms with van der Waals surface area (Å²) in [4.78, 5) is 0. The molecule has 0 aliphatic heterocycles. The van der Waals surface area contributed by atoms with Gasteiger partial charge in [-0.15, -0.1) is 0 Å². The summed E-state index contributed by atoms with van der Waals surface area (Å²) in [6, 6.07) is 0. The summed E-state index contributed by atoms with van der Waals surface area (Å²) < 4.78 is 5.34. The van der Waals surface area contributed by atoms with Crippen LogP contribution in [0.5, 0.6) is 0 Å². The van der Waals surface area contributed by atoms with Gasteiger partial charge in [0.25, 0.3) is 0 Å². The average Bonchev–Trinajstić information content (AvgIpc) is 2.10. The van der Waals surface area contributed by atoms with Gasteiger partial charge in [-0.05, 0) is 5.54 Å². The molecule has 1 nitrogen and oxygen atoms in total. The molecule has 0 rings (SSSR count). The second-order valence-electron chi connectivity index (χ2n) is 3.61. The average molecular weight is 188 g/mol. The Balaban J connectivity index is 3.40. The first-order valence-corrected chi connectivity index (χ1v) is 6.73. The molecular weight excluding hydrogens is 164 g/mol. The van der Waals surface area contributed by atoms with Crippen LogP contribution in [0.3, 0.4) is 0 Å². The summed E-state index contributed by atoms with van der Waals surface area (Å²) in [6.07, 6.45) is 8.28. The van der Waals surface area contributed by atoms with Crippen LogP contribution < -0.4 is 0 Å². The Morgan fingerprint density at radius 3 is 1.92 bits per heavy atom. The molecule has 0 aliphatic rings. The molecule has 0 amide bonds. The van der Waals surface area contributed by atoms with Gasteiger partial charge in [0, 0.05) is 7.11 Å². The molecule has 0 heterocycles. The zero-order chi connectivity index (χ0) is 9.23. The highest BCUT2D eigenvalue weighted by Crippen LogP contribution is 2.20. The Morgan fingerprint density at radius 2 is 1.58 bits per heavy atom. The van der Waals surface area contributed by atoms with Crippen molar-refractivity contribution in [2.24, 2.45) is 0 Å². The molecule has 0 saturated heterocycles. The second kappa shape index (κ2) is 9.27. The van der Waals surface area contributed by atoms with Gasteiger partial charge in [-0.25, -0.2) is 0 Å². The Bertz CT molecular complexity index is 77.9. The van der Waals surface area contributed by atoms with E-state index in [1.807, 2.05) is 7.11 Å². The van der Waals surface area contributed by atoms with Gasteiger partial charge >= 0.3 is 0 Å². The monoisotopic (exact) mass is 188 g/mol. The van der Waals surface area contributed by atoms with Crippen LogP contribution >= 0.6 is 0 Å². The van der Waals surface area contributed by atoms with Crippen molar-refractivity contribution in [3.8, 4) is 0 Å². The normalized spacial score (nSPS) is 12.0. The molecule has 0 aromatic carbocycles. The van der Waals surface area contributed by atoms with Crippen LogP contribution in [0.1, 0.15) is 52.4 Å². The lowest BCUT2D eigenvalue weighted by Crippen LogP contribution is -2.06. The summed E-state index contributed by atoms with van der Waals surface area (Å²) in [6.45, 7) is 4.54. The number of hydrogen-bond acceptors (Lipinski definition) is 1. The minimum absolute atomic E-state index is 0.205. The Morgan fingerprint density at radius 1 is 1.08 bits per heavy atom. The summed E-state index contributed by atoms with van der Waals surface area (Å²) in [5.74, 6) is 0. The molecule has 0 bridgehead atoms. The molecule has 74 valence electrons. The first kappa shape index (κ1) is 12.2. The van der Waals surface area contributed by atoms with E-state index in [-0.39, 0.29) is 9.76 Å². The number of unbranched alkanes of at least 4 members (excludes halogenated alkanes) is 2. The molecule has 0 atom stereocenters. The molecule has 0 aliphatic carbocycles. The minimum Gasteiger partial charge on any atom is -0.427 e. The summed E-state index contributed by atoms with van der Waals surface area (Å²) in [7, 11) is 1.67. The lowest BCUT2D eigenvalue weighted by molar-refractivity contribution is 0.417. The van der Waals surface area contributed by atoms with Gasteiger partial charge in [-0.1, -0.05) is 52.4 Å². The van der Waals surface area contributed by atoms with Crippen molar-refractivity contribution in [2.75, 3.05) is 7.11 Å². The van der Waals surface area contributed by atoms with Crippen molar-refractivity contribution < 1.29 is 4.43 Å². The van der Waals surface area contributed by atoms with Crippen LogP contribution in [0, 0.1) is 0 Å². The fourth-order valence-corrected chi connectivity index (χ4v) is 2.91. The fourth-order valence-electron chi connectivity index (χ4n) is 1.53. The molecule has 0 spiro atoms. The molecule has 2 heteroatoms. The third-order valence-corrected chi connectivity index (χ3v) is 3.96. The summed E-state index contributed by atoms with van der Waals surface area (Å²) >= 11 is 0. The number of hydrogen-bond donors (Lipinski definition) is 0. The van der Waals surface area contributed by atoms with Crippen LogP contribution in [0.2, 0.25) is 5.54 Å². The quantitative estimate of drug-likeness (QED) is 0.532. The summed E-state index contributed by atoms with van der Waals surface area (Å²) in [5, 5.41) is 0. The highest BCUT2D eigenvalue weighted by molar-refractivity contribution is 6.29. The second-order valence-corrected chi connectivity index (χ2v) is 5.67. The highest BCUT2D eigenvalue weighted by Gasteiger charge is 2.07. The van der Waals surface area contributed by atoms with E-state index in [2.05, 4.69) is 13.8 Å². The Labute approximate surface area is 79.8 Å². The van der Waals surface area contributed by atoms with Crippen LogP contribution in [0.15, 0.2) is 0 Å². The van der Waals surface area contributed by atoms with Crippen LogP contribution in [-0.4, -0.2) is 16.9 Å². The molecule has 0 radical (unpaired) electrons. The lowest BCUT2D eigenvalue weighted by atomic mass is 10.1. The molecular formula is C10H24OSi. The zero-order valence-corrected chi connectivity index (χ0v) is 10.3. The van der Waals surface area contributed by atoms with E-state index in [1.165, 1.54) is 38.5 Å². The molecule has 0 N–H and O–H groups in total. The molecule has 0 aromatic rings. The van der Waals surface area contributed by atoms with E-state index in [4.69, 9.17) is 4.43 Å². The standard InChI is InChI=1S/C10H24OSi/c1-4-6-8-10(12-11-3)9-7-5-2/h10H,4-9,12H2,1-3H3. The first-order chi connectivity index (χ1) is 5.85. The predicted molar refractivity (Wildman–Crippen MR) is 58.4 cm³/mol. The molecule has 0 aromatic heterocycles. The van der Waals surface area contributed by atoms with Gasteiger partial charge in [0.1, 0.15) is 0 Å². The third kappa shape index (κ3) is 6.86. The smallest absolute Gasteiger partial charge is 0.164 e. The maximum Gasteiger partial charge on any atom is 0.164 e. The minimum atomic E-state index is -0.205. The van der Waals surface area contributed by atoms with Crippen molar-refractivity contribution in [3.05, 3.63) is 0 Å². The van der Waals surface area contributed by atoms with Crippen molar-refractivity contribution >= 4 is 9.76 Å². The van der Waals surface area contributed by atoms with E-state index in [0.717, 1.165) is 5.54 Å². The van der Waals surface area contributed by atoms with Gasteiger partial charge in [0.2, 0.25) is 0 Å². The van der Waals surface area contributed by atoms with Crippen molar-refractivity contribution in [1.82, 2.24) is 0 Å². The maximum absolute atomic E-state index is 5.34. The lowest BCUT2D eigenvalue weighted by Gasteiger charge is -2.13. The Hall–Kier alpha value is 0.177. The van der Waals surface area contributed by atoms with Gasteiger partial charge in [-0.3, -0.25) is 0 Å². The van der Waals surface area contributed by atoms with Gasteiger partial charge in [0.15, 0.2) is 9.76 Å². The zero-order valence-electron chi connectivity index (χ0n) is 8.94. The van der Waals surface area contributed by atoms with Gasteiger partial charge < -0.3 is 4.43 Å². The molecule has 0 unspecified atom stereocenters. The number of rotatable bonds is 8. The van der Waals surface area contributed by atoms with Crippen LogP contribution in [0.25, 0.3) is 0 Å². The van der Waals surface area contributed by atoms with E-state index in [9.17, 15) is 0 Å². The molecule has 0 fully saturated rings. The Kier molecular flexibility index (Phi) is 9.40. The van der Waals surface area contributed by atoms with Gasteiger partial charge in [-0.2, -0.15) is 0 Å². The van der Waals surface area contributed by atoms with E-state index >= 15 is 0 Å². The van der Waals surface area contributed by atoms with Crippen LogP contribution in [0.4, 0.5) is 0 Å². The third-order valence-electron chi connectivity index (χ3n) is 2.33. The van der Waals surface area contributed by atoms with Crippen LogP contribution in [-0.2, 0) is 4.43 Å². The van der Waals surface area contributed by atoms with Crippen molar-refractivity contribution in [2.45, 2.75) is 57.9 Å². The SMILES string of the molecule is CCCCC(CCCC)[SiH2]OC. The van der Waals surface area contributed by atoms with E-state index in [0.29, 0.717) is 0 Å². The van der Waals surface area contributed by atoms with Crippen molar-refractivity contribution in [1.29, 1.82) is 0 Å².